The molecule has 1 saturated heterocycles. The molecule has 0 bridgehead atoms. The van der Waals surface area contributed by atoms with Gasteiger partial charge < -0.3 is 21.4 Å². The number of nitrogens with two attached hydrogens (primary N) is 2. The Labute approximate surface area is 231 Å². The highest BCUT2D eigenvalue weighted by molar-refractivity contribution is 7.89. The van der Waals surface area contributed by atoms with Gasteiger partial charge in [0.05, 0.1) is 5.75 Å². The molecule has 0 spiro atoms. The molecule has 0 amide bonds. The van der Waals surface area contributed by atoms with Gasteiger partial charge >= 0.3 is 0 Å². The monoisotopic (exact) mass is 569 g/mol. The molecule has 0 atom stereocenters. The maximum Gasteiger partial charge on any atom is 0.214 e. The lowest BCUT2D eigenvalue weighted by Gasteiger charge is -2.32. The summed E-state index contributed by atoms with van der Waals surface area (Å²) >= 11 is 6.53. The van der Waals surface area contributed by atoms with Crippen molar-refractivity contribution >= 4 is 59.7 Å². The number of hydrogen-bond acceptors (Lipinski definition) is 8. The second-order valence-corrected chi connectivity index (χ2v) is 13.0. The Hall–Kier alpha value is -3.06. The van der Waals surface area contributed by atoms with Crippen LogP contribution < -0.4 is 16.8 Å². The first-order valence-electron chi connectivity index (χ1n) is 12.6. The minimum Gasteiger partial charge on any atom is -0.389 e. The lowest BCUT2D eigenvalue weighted by atomic mass is 10.0. The van der Waals surface area contributed by atoms with Crippen molar-refractivity contribution in [3.05, 3.63) is 59.8 Å². The summed E-state index contributed by atoms with van der Waals surface area (Å²) in [5.41, 5.74) is 16.8. The predicted octanol–water partition coefficient (Wildman–Crippen LogP) is 4.37. The molecular formula is C26H31N7O2S3. The Morgan fingerprint density at radius 1 is 1.18 bits per heavy atom. The fourth-order valence-electron chi connectivity index (χ4n) is 5.05. The number of piperidine rings is 1. The Morgan fingerprint density at radius 2 is 1.97 bits per heavy atom. The van der Waals surface area contributed by atoms with Crippen LogP contribution in [0.4, 0.5) is 10.3 Å². The average molecular weight is 570 g/mol. The number of rotatable bonds is 9. The Bertz CT molecular complexity index is 1570. The zero-order valence-corrected chi connectivity index (χ0v) is 23.6. The van der Waals surface area contributed by atoms with Crippen LogP contribution in [-0.4, -0.2) is 51.3 Å². The molecule has 2 aromatic heterocycles. The summed E-state index contributed by atoms with van der Waals surface area (Å²) in [7, 11) is -3.20. The van der Waals surface area contributed by atoms with E-state index in [0.717, 1.165) is 46.0 Å². The van der Waals surface area contributed by atoms with Gasteiger partial charge in [-0.05, 0) is 42.5 Å². The van der Waals surface area contributed by atoms with E-state index in [-0.39, 0.29) is 11.8 Å². The average Bonchev–Trinajstić information content (AvgIpc) is 3.50. The summed E-state index contributed by atoms with van der Waals surface area (Å²) in [6, 6.07) is 14.6. The van der Waals surface area contributed by atoms with E-state index in [9.17, 15) is 8.42 Å². The molecule has 1 aliphatic rings. The molecular weight excluding hydrogens is 539 g/mol. The van der Waals surface area contributed by atoms with Gasteiger partial charge in [-0.25, -0.2) is 12.7 Å². The van der Waals surface area contributed by atoms with Crippen molar-refractivity contribution in [1.29, 1.82) is 0 Å². The topological polar surface area (TPSA) is 132 Å². The molecule has 0 saturated carbocycles. The number of thiocarbonyl (C=S) groups is 1. The highest BCUT2D eigenvalue weighted by Crippen LogP contribution is 2.37. The maximum atomic E-state index is 12.6. The van der Waals surface area contributed by atoms with Gasteiger partial charge in [0.25, 0.3) is 0 Å². The van der Waals surface area contributed by atoms with Gasteiger partial charge in [-0.15, -0.1) is 10.2 Å². The van der Waals surface area contributed by atoms with Crippen LogP contribution in [0.2, 0.25) is 0 Å². The summed E-state index contributed by atoms with van der Waals surface area (Å²) in [5.74, 6) is 0.199. The predicted molar refractivity (Wildman–Crippen MR) is 159 cm³/mol. The summed E-state index contributed by atoms with van der Waals surface area (Å²) in [6.45, 7) is 3.53. The molecule has 3 heterocycles. The maximum absolute atomic E-state index is 12.6. The number of nitrogens with zero attached hydrogens (tertiary/aromatic N) is 4. The largest absolute Gasteiger partial charge is 0.389 e. The molecule has 12 heteroatoms. The molecule has 0 unspecified atom stereocenters. The third kappa shape index (κ3) is 5.53. The zero-order chi connectivity index (χ0) is 26.9. The molecule has 5 rings (SSSR count). The number of fused-ring (bicyclic) bond motifs is 1. The third-order valence-corrected chi connectivity index (χ3v) is 9.94. The van der Waals surface area contributed by atoms with E-state index in [0.29, 0.717) is 41.3 Å². The van der Waals surface area contributed by atoms with Crippen LogP contribution in [0.3, 0.4) is 0 Å². The van der Waals surface area contributed by atoms with Crippen LogP contribution in [0.1, 0.15) is 43.4 Å². The first kappa shape index (κ1) is 26.5. The minimum atomic E-state index is -3.20. The van der Waals surface area contributed by atoms with Gasteiger partial charge in [0.2, 0.25) is 20.3 Å². The molecule has 5 N–H and O–H groups in total. The smallest absolute Gasteiger partial charge is 0.214 e. The van der Waals surface area contributed by atoms with E-state index >= 15 is 0 Å². The van der Waals surface area contributed by atoms with Crippen molar-refractivity contribution in [1.82, 2.24) is 19.1 Å². The Morgan fingerprint density at radius 3 is 2.66 bits per heavy atom. The quantitative estimate of drug-likeness (QED) is 0.253. The molecule has 4 aromatic rings. The molecule has 1 fully saturated rings. The van der Waals surface area contributed by atoms with Gasteiger partial charge in [-0.3, -0.25) is 0 Å². The highest BCUT2D eigenvalue weighted by atomic mass is 32.2. The number of anilines is 2. The lowest BCUT2D eigenvalue weighted by molar-refractivity contribution is 0.278. The SMILES string of the molecule is CCCS(=O)(=O)N1CCC(n2cc(-c3cccc(C(N)=S)c3)c3ccc(CNc4nnc(N)s4)cc32)CC1. The van der Waals surface area contributed by atoms with Gasteiger partial charge in [0.1, 0.15) is 4.99 Å². The fraction of sp³-hybridized carbons (Fsp3) is 0.346. The zero-order valence-electron chi connectivity index (χ0n) is 21.1. The summed E-state index contributed by atoms with van der Waals surface area (Å²) in [6.07, 6.45) is 4.32. The van der Waals surface area contributed by atoms with Gasteiger partial charge in [-0.2, -0.15) is 0 Å². The second kappa shape index (κ2) is 11.0. The van der Waals surface area contributed by atoms with Crippen LogP contribution in [0.15, 0.2) is 48.7 Å². The van der Waals surface area contributed by atoms with Crippen LogP contribution in [0.5, 0.6) is 0 Å². The third-order valence-electron chi connectivity index (χ3n) is 6.91. The summed E-state index contributed by atoms with van der Waals surface area (Å²) in [4.78, 5) is 0.363. The van der Waals surface area contributed by atoms with Gasteiger partial charge in [0.15, 0.2) is 0 Å². The molecule has 0 aliphatic carbocycles. The lowest BCUT2D eigenvalue weighted by Crippen LogP contribution is -2.40. The van der Waals surface area contributed by atoms with E-state index in [1.807, 2.05) is 25.1 Å². The number of hydrogen-bond donors (Lipinski definition) is 3. The van der Waals surface area contributed by atoms with Crippen molar-refractivity contribution in [2.24, 2.45) is 5.73 Å². The first-order chi connectivity index (χ1) is 18.2. The standard InChI is InChI=1S/C26H31N7O2S3/c1-2-12-38(34,35)32-10-8-20(9-11-32)33-16-22(18-4-3-5-19(14-18)24(27)36)21-7-6-17(13-23(21)33)15-29-26-31-30-25(28)37-26/h3-7,13-14,16,20H,2,8-12,15H2,1H3,(H2,27,36)(H2,28,30)(H,29,31). The van der Waals surface area contributed by atoms with Crippen molar-refractivity contribution in [2.45, 2.75) is 38.8 Å². The van der Waals surface area contributed by atoms with Gasteiger partial charge in [0, 0.05) is 53.9 Å². The van der Waals surface area contributed by atoms with E-state index in [1.165, 1.54) is 11.3 Å². The normalized spacial score (nSPS) is 15.2. The number of aromatic nitrogens is 3. The van der Waals surface area contributed by atoms with Gasteiger partial charge in [-0.1, -0.05) is 60.8 Å². The molecule has 1 aliphatic heterocycles. The Balaban J connectivity index is 1.50. The minimum absolute atomic E-state index is 0.185. The van der Waals surface area contributed by atoms with E-state index in [4.69, 9.17) is 23.7 Å². The number of sulfonamides is 1. The molecule has 38 heavy (non-hydrogen) atoms. The molecule has 0 radical (unpaired) electrons. The van der Waals surface area contributed by atoms with Crippen molar-refractivity contribution in [3.8, 4) is 11.1 Å². The molecule has 9 nitrogen and oxygen atoms in total. The summed E-state index contributed by atoms with van der Waals surface area (Å²) < 4.78 is 29.2. The van der Waals surface area contributed by atoms with Crippen LogP contribution in [0.25, 0.3) is 22.0 Å². The van der Waals surface area contributed by atoms with Crippen LogP contribution >= 0.6 is 23.6 Å². The second-order valence-electron chi connectivity index (χ2n) is 9.49. The highest BCUT2D eigenvalue weighted by Gasteiger charge is 2.29. The van der Waals surface area contributed by atoms with Crippen molar-refractivity contribution in [2.75, 3.05) is 29.9 Å². The van der Waals surface area contributed by atoms with Crippen molar-refractivity contribution in [3.63, 3.8) is 0 Å². The van der Waals surface area contributed by atoms with Crippen molar-refractivity contribution < 1.29 is 8.42 Å². The first-order valence-corrected chi connectivity index (χ1v) is 15.4. The molecule has 200 valence electrons. The van der Waals surface area contributed by atoms with E-state index in [1.54, 1.807) is 4.31 Å². The van der Waals surface area contributed by atoms with Crippen LogP contribution in [-0.2, 0) is 16.6 Å². The fourth-order valence-corrected chi connectivity index (χ4v) is 7.22. The number of nitrogens with one attached hydrogen (secondary N) is 1. The summed E-state index contributed by atoms with van der Waals surface area (Å²) in [5, 5.41) is 13.4. The molecule has 2 aromatic carbocycles. The number of nitrogen functional groups attached to an aromatic ring is 1. The van der Waals surface area contributed by atoms with E-state index in [2.05, 4.69) is 50.5 Å². The van der Waals surface area contributed by atoms with Crippen LogP contribution in [0, 0.1) is 0 Å². The number of benzene rings is 2. The Kier molecular flexibility index (Phi) is 7.66. The van der Waals surface area contributed by atoms with E-state index < -0.39 is 10.0 Å².